The quantitative estimate of drug-likeness (QED) is 0.341. The molecule has 0 aliphatic rings. The molecule has 0 aromatic rings. The Bertz CT molecular complexity index is 182. The molecule has 0 fully saturated rings. The second kappa shape index (κ2) is 15.6. The maximum atomic E-state index is 2.36. The summed E-state index contributed by atoms with van der Waals surface area (Å²) in [5.41, 5.74) is 0. The minimum atomic E-state index is 1.13. The van der Waals surface area contributed by atoms with Gasteiger partial charge in [0.05, 0.1) is 0 Å². The van der Waals surface area contributed by atoms with Crippen LogP contribution in [0, 0.1) is 0 Å². The highest BCUT2D eigenvalue weighted by Crippen LogP contribution is 2.11. The van der Waals surface area contributed by atoms with E-state index >= 15 is 0 Å². The Balaban J connectivity index is 3.14. The molecule has 114 valence electrons. The van der Waals surface area contributed by atoms with Gasteiger partial charge in [-0.1, -0.05) is 70.8 Å². The molecular weight excluding hydrogens is 230 g/mol. The predicted octanol–water partition coefficient (Wildman–Crippen LogP) is 6.15. The number of hydrogen-bond donors (Lipinski definition) is 0. The summed E-state index contributed by atoms with van der Waals surface area (Å²) in [7, 11) is 0. The third kappa shape index (κ3) is 13.8. The fourth-order valence-corrected chi connectivity index (χ4v) is 2.41. The summed E-state index contributed by atoms with van der Waals surface area (Å²) in [5.74, 6) is 0. The number of allylic oxidation sites excluding steroid dienone is 1. The maximum Gasteiger partial charge on any atom is 0.0143 e. The lowest BCUT2D eigenvalue weighted by atomic mass is 10.1. The van der Waals surface area contributed by atoms with E-state index in [1.165, 1.54) is 70.6 Å². The van der Waals surface area contributed by atoms with E-state index in [9.17, 15) is 0 Å². The summed E-state index contributed by atoms with van der Waals surface area (Å²) in [6.07, 6.45) is 20.2. The van der Waals surface area contributed by atoms with Gasteiger partial charge < -0.3 is 4.90 Å². The van der Waals surface area contributed by atoms with Gasteiger partial charge in [-0.3, -0.25) is 0 Å². The van der Waals surface area contributed by atoms with Crippen LogP contribution in [0.1, 0.15) is 91.4 Å². The predicted molar refractivity (Wildman–Crippen MR) is 88.5 cm³/mol. The summed E-state index contributed by atoms with van der Waals surface area (Å²) in [6.45, 7) is 8.98. The first-order chi connectivity index (χ1) is 9.35. The van der Waals surface area contributed by atoms with Gasteiger partial charge in [-0.25, -0.2) is 0 Å². The molecule has 0 rings (SSSR count). The van der Waals surface area contributed by atoms with Crippen molar-refractivity contribution < 1.29 is 0 Å². The van der Waals surface area contributed by atoms with Crippen molar-refractivity contribution in [3.05, 3.63) is 12.3 Å². The zero-order valence-electron chi connectivity index (χ0n) is 13.8. The number of nitrogens with zero attached hydrogens (tertiary/aromatic N) is 1. The van der Waals surface area contributed by atoms with E-state index < -0.39 is 0 Å². The van der Waals surface area contributed by atoms with Gasteiger partial charge in [0.2, 0.25) is 0 Å². The average molecular weight is 268 g/mol. The van der Waals surface area contributed by atoms with Crippen LogP contribution in [0.3, 0.4) is 0 Å². The van der Waals surface area contributed by atoms with Crippen LogP contribution in [0.5, 0.6) is 0 Å². The first-order valence-corrected chi connectivity index (χ1v) is 8.75. The lowest BCUT2D eigenvalue weighted by Gasteiger charge is -2.14. The van der Waals surface area contributed by atoms with Gasteiger partial charge in [0.25, 0.3) is 0 Å². The monoisotopic (exact) mass is 267 g/mol. The molecule has 0 spiro atoms. The summed E-state index contributed by atoms with van der Waals surface area (Å²) in [6, 6.07) is 0. The van der Waals surface area contributed by atoms with Crippen LogP contribution in [-0.4, -0.2) is 18.0 Å². The largest absolute Gasteiger partial charge is 0.378 e. The molecule has 0 aromatic heterocycles. The van der Waals surface area contributed by atoms with Crippen molar-refractivity contribution in [2.45, 2.75) is 91.4 Å². The van der Waals surface area contributed by atoms with Crippen molar-refractivity contribution in [2.75, 3.05) is 13.1 Å². The zero-order chi connectivity index (χ0) is 14.2. The Hall–Kier alpha value is -0.460. The van der Waals surface area contributed by atoms with Crippen molar-refractivity contribution in [3.8, 4) is 0 Å². The van der Waals surface area contributed by atoms with E-state index in [0.717, 1.165) is 13.1 Å². The average Bonchev–Trinajstić information content (AvgIpc) is 2.44. The standard InChI is InChI=1S/C18H37N/c1-4-7-8-9-10-11-12-13-14-15-16-17-18-19(5-2)6-3/h17-18H,4-16H2,1-3H3. The number of hydrogen-bond acceptors (Lipinski definition) is 1. The van der Waals surface area contributed by atoms with Crippen molar-refractivity contribution in [1.82, 2.24) is 4.90 Å². The van der Waals surface area contributed by atoms with E-state index in [-0.39, 0.29) is 0 Å². The third-order valence-electron chi connectivity index (χ3n) is 3.85. The van der Waals surface area contributed by atoms with Crippen LogP contribution >= 0.6 is 0 Å². The fraction of sp³-hybridized carbons (Fsp3) is 0.889. The Morgan fingerprint density at radius 1 is 0.632 bits per heavy atom. The fourth-order valence-electron chi connectivity index (χ4n) is 2.41. The molecule has 1 nitrogen and oxygen atoms in total. The lowest BCUT2D eigenvalue weighted by Crippen LogP contribution is -2.14. The second-order valence-electron chi connectivity index (χ2n) is 5.58. The molecule has 0 aliphatic heterocycles. The molecule has 19 heavy (non-hydrogen) atoms. The highest BCUT2D eigenvalue weighted by molar-refractivity contribution is 4.81. The minimum Gasteiger partial charge on any atom is -0.378 e. The van der Waals surface area contributed by atoms with Crippen molar-refractivity contribution in [3.63, 3.8) is 0 Å². The lowest BCUT2D eigenvalue weighted by molar-refractivity contribution is 0.417. The van der Waals surface area contributed by atoms with Gasteiger partial charge in [-0.15, -0.1) is 0 Å². The van der Waals surface area contributed by atoms with Gasteiger partial charge >= 0.3 is 0 Å². The Labute approximate surface area is 122 Å². The number of rotatable bonds is 14. The molecule has 0 N–H and O–H groups in total. The molecular formula is C18H37N. The Morgan fingerprint density at radius 2 is 1.11 bits per heavy atom. The summed E-state index contributed by atoms with van der Waals surface area (Å²) < 4.78 is 0. The molecule has 0 heterocycles. The van der Waals surface area contributed by atoms with Crippen LogP contribution in [0.15, 0.2) is 12.3 Å². The highest BCUT2D eigenvalue weighted by atomic mass is 15.1. The van der Waals surface area contributed by atoms with Crippen LogP contribution < -0.4 is 0 Å². The van der Waals surface area contributed by atoms with Gasteiger partial charge in [0.1, 0.15) is 0 Å². The van der Waals surface area contributed by atoms with Crippen LogP contribution in [-0.2, 0) is 0 Å². The summed E-state index contributed by atoms with van der Waals surface area (Å²) >= 11 is 0. The Morgan fingerprint density at radius 3 is 1.58 bits per heavy atom. The molecule has 0 aromatic carbocycles. The van der Waals surface area contributed by atoms with Crippen molar-refractivity contribution in [1.29, 1.82) is 0 Å². The summed E-state index contributed by atoms with van der Waals surface area (Å²) in [4.78, 5) is 2.36. The second-order valence-corrected chi connectivity index (χ2v) is 5.58. The van der Waals surface area contributed by atoms with E-state index in [2.05, 4.69) is 37.9 Å². The van der Waals surface area contributed by atoms with E-state index in [4.69, 9.17) is 0 Å². The van der Waals surface area contributed by atoms with Crippen molar-refractivity contribution >= 4 is 0 Å². The maximum absolute atomic E-state index is 2.36. The topological polar surface area (TPSA) is 3.24 Å². The number of unbranched alkanes of at least 4 members (excludes halogenated alkanes) is 10. The summed E-state index contributed by atoms with van der Waals surface area (Å²) in [5, 5.41) is 0. The van der Waals surface area contributed by atoms with E-state index in [0.29, 0.717) is 0 Å². The van der Waals surface area contributed by atoms with E-state index in [1.54, 1.807) is 0 Å². The van der Waals surface area contributed by atoms with Crippen LogP contribution in [0.4, 0.5) is 0 Å². The normalized spacial score (nSPS) is 11.3. The van der Waals surface area contributed by atoms with Gasteiger partial charge in [0, 0.05) is 13.1 Å². The first-order valence-electron chi connectivity index (χ1n) is 8.75. The molecule has 1 heteroatoms. The minimum absolute atomic E-state index is 1.13. The van der Waals surface area contributed by atoms with Crippen molar-refractivity contribution in [2.24, 2.45) is 0 Å². The smallest absolute Gasteiger partial charge is 0.0143 e. The van der Waals surface area contributed by atoms with Gasteiger partial charge in [-0.2, -0.15) is 0 Å². The molecule has 0 aliphatic carbocycles. The van der Waals surface area contributed by atoms with Gasteiger partial charge in [0.15, 0.2) is 0 Å². The molecule has 0 amide bonds. The van der Waals surface area contributed by atoms with E-state index in [1.807, 2.05) is 0 Å². The Kier molecular flexibility index (Phi) is 15.2. The molecule has 0 saturated carbocycles. The molecule has 0 bridgehead atoms. The SMILES string of the molecule is CCCCCCCCCCCCC=CN(CC)CC. The van der Waals surface area contributed by atoms with Crippen LogP contribution in [0.2, 0.25) is 0 Å². The first kappa shape index (κ1) is 18.5. The molecule has 0 unspecified atom stereocenters. The molecule has 0 radical (unpaired) electrons. The third-order valence-corrected chi connectivity index (χ3v) is 3.85. The van der Waals surface area contributed by atoms with Gasteiger partial charge in [-0.05, 0) is 32.9 Å². The molecule has 0 atom stereocenters. The zero-order valence-corrected chi connectivity index (χ0v) is 13.8. The highest BCUT2D eigenvalue weighted by Gasteiger charge is 1.92. The van der Waals surface area contributed by atoms with Crippen LogP contribution in [0.25, 0.3) is 0 Å². The molecule has 0 saturated heterocycles.